The van der Waals surface area contributed by atoms with Crippen molar-refractivity contribution in [3.05, 3.63) is 30.0 Å². The molecule has 1 heterocycles. The van der Waals surface area contributed by atoms with E-state index in [0.29, 0.717) is 16.7 Å². The minimum absolute atomic E-state index is 0.375. The molecular weight excluding hydrogens is 266 g/mol. The van der Waals surface area contributed by atoms with Crippen molar-refractivity contribution in [2.75, 3.05) is 19.1 Å². The number of ketones is 1. The largest absolute Gasteiger partial charge is 0.496 e. The fraction of sp³-hybridized carbons (Fsp3) is 0.308. The summed E-state index contributed by atoms with van der Waals surface area (Å²) in [5.74, 6) is -0.350. The van der Waals surface area contributed by atoms with Gasteiger partial charge in [-0.2, -0.15) is 0 Å². The van der Waals surface area contributed by atoms with Gasteiger partial charge in [-0.25, -0.2) is 8.42 Å². The topological polar surface area (TPSA) is 65.4 Å². The maximum atomic E-state index is 12.1. The molecule has 19 heavy (non-hydrogen) atoms. The van der Waals surface area contributed by atoms with Crippen LogP contribution in [0.5, 0.6) is 5.75 Å². The Balaban J connectivity index is 2.64. The van der Waals surface area contributed by atoms with Crippen LogP contribution in [0.15, 0.2) is 24.4 Å². The van der Waals surface area contributed by atoms with Crippen LogP contribution in [0.1, 0.15) is 10.4 Å². The summed E-state index contributed by atoms with van der Waals surface area (Å²) in [4.78, 5) is 12.1. The van der Waals surface area contributed by atoms with Gasteiger partial charge in [0.1, 0.15) is 11.5 Å². The van der Waals surface area contributed by atoms with Crippen molar-refractivity contribution >= 4 is 26.5 Å². The lowest BCUT2D eigenvalue weighted by molar-refractivity contribution is 0.102. The number of benzene rings is 1. The molecule has 0 saturated heterocycles. The molecule has 2 aromatic rings. The number of carbonyl (C=O) groups excluding carboxylic acids is 1. The molecule has 0 aliphatic carbocycles. The number of carbonyl (C=O) groups is 1. The second kappa shape index (κ2) is 4.70. The summed E-state index contributed by atoms with van der Waals surface area (Å²) >= 11 is 0. The number of methoxy groups -OCH3 is 1. The highest BCUT2D eigenvalue weighted by molar-refractivity contribution is 7.91. The second-order valence-electron chi connectivity index (χ2n) is 4.50. The van der Waals surface area contributed by atoms with Gasteiger partial charge in [-0.1, -0.05) is 6.07 Å². The quantitative estimate of drug-likeness (QED) is 0.795. The zero-order chi connectivity index (χ0) is 14.2. The van der Waals surface area contributed by atoms with Crippen molar-refractivity contribution in [1.82, 2.24) is 4.57 Å². The van der Waals surface area contributed by atoms with E-state index in [4.69, 9.17) is 4.74 Å². The molecule has 0 bridgehead atoms. The molecule has 1 aromatic carbocycles. The first-order valence-electron chi connectivity index (χ1n) is 5.66. The molecule has 0 saturated carbocycles. The maximum Gasteiger partial charge on any atom is 0.180 e. The number of rotatable bonds is 4. The van der Waals surface area contributed by atoms with Gasteiger partial charge in [0.05, 0.1) is 18.0 Å². The lowest BCUT2D eigenvalue weighted by Gasteiger charge is -2.04. The van der Waals surface area contributed by atoms with Crippen molar-refractivity contribution in [2.45, 2.75) is 0 Å². The molecule has 1 aromatic heterocycles. The molecule has 0 radical (unpaired) electrons. The Labute approximate surface area is 111 Å². The van der Waals surface area contributed by atoms with E-state index in [1.54, 1.807) is 23.9 Å². The Kier molecular flexibility index (Phi) is 3.36. The van der Waals surface area contributed by atoms with E-state index in [-0.39, 0.29) is 0 Å². The predicted octanol–water partition coefficient (Wildman–Crippen LogP) is 1.41. The van der Waals surface area contributed by atoms with Crippen LogP contribution in [0.2, 0.25) is 0 Å². The molecule has 0 spiro atoms. The molecule has 0 fully saturated rings. The van der Waals surface area contributed by atoms with E-state index in [1.807, 2.05) is 12.1 Å². The molecule has 2 rings (SSSR count). The maximum absolute atomic E-state index is 12.1. The van der Waals surface area contributed by atoms with Crippen LogP contribution < -0.4 is 4.74 Å². The number of nitrogens with zero attached hydrogens (tertiary/aromatic N) is 1. The number of aromatic nitrogens is 1. The van der Waals surface area contributed by atoms with E-state index >= 15 is 0 Å². The average molecular weight is 281 g/mol. The summed E-state index contributed by atoms with van der Waals surface area (Å²) in [5, 5.41) is 0.654. The predicted molar refractivity (Wildman–Crippen MR) is 73.5 cm³/mol. The summed E-state index contributed by atoms with van der Waals surface area (Å²) in [7, 11) is -0.0251. The first kappa shape index (κ1) is 13.6. The van der Waals surface area contributed by atoms with Gasteiger partial charge in [0.25, 0.3) is 0 Å². The zero-order valence-corrected chi connectivity index (χ0v) is 11.8. The molecule has 0 atom stereocenters. The Bertz CT molecular complexity index is 743. The molecule has 0 aliphatic rings. The highest BCUT2D eigenvalue weighted by Gasteiger charge is 2.20. The van der Waals surface area contributed by atoms with E-state index in [0.717, 1.165) is 11.8 Å². The van der Waals surface area contributed by atoms with Crippen LogP contribution in [-0.2, 0) is 16.9 Å². The summed E-state index contributed by atoms with van der Waals surface area (Å²) in [6.07, 6.45) is 2.69. The summed E-state index contributed by atoms with van der Waals surface area (Å²) in [5.41, 5.74) is 1.21. The smallest absolute Gasteiger partial charge is 0.180 e. The molecular formula is C13H15NO4S. The number of hydrogen-bond acceptors (Lipinski definition) is 4. The third-order valence-corrected chi connectivity index (χ3v) is 3.68. The number of hydrogen-bond donors (Lipinski definition) is 0. The van der Waals surface area contributed by atoms with Gasteiger partial charge in [-0.15, -0.1) is 0 Å². The second-order valence-corrected chi connectivity index (χ2v) is 6.64. The van der Waals surface area contributed by atoms with Gasteiger partial charge in [0.2, 0.25) is 0 Å². The molecule has 0 amide bonds. The van der Waals surface area contributed by atoms with E-state index in [2.05, 4.69) is 0 Å². The van der Waals surface area contributed by atoms with Gasteiger partial charge in [-0.3, -0.25) is 4.79 Å². The van der Waals surface area contributed by atoms with Gasteiger partial charge in [0.15, 0.2) is 15.6 Å². The normalized spacial score (nSPS) is 11.7. The van der Waals surface area contributed by atoms with Crippen LogP contribution in [0.4, 0.5) is 0 Å². The van der Waals surface area contributed by atoms with Crippen LogP contribution in [0, 0.1) is 0 Å². The third-order valence-electron chi connectivity index (χ3n) is 2.89. The van der Waals surface area contributed by atoms with Gasteiger partial charge >= 0.3 is 0 Å². The van der Waals surface area contributed by atoms with Crippen LogP contribution in [-0.4, -0.2) is 37.9 Å². The monoisotopic (exact) mass is 281 g/mol. The lowest BCUT2D eigenvalue weighted by atomic mass is 10.1. The first-order chi connectivity index (χ1) is 8.83. The Morgan fingerprint density at radius 3 is 2.63 bits per heavy atom. The number of ether oxygens (including phenoxy) is 1. The molecule has 5 nitrogen and oxygen atoms in total. The van der Waals surface area contributed by atoms with Crippen molar-refractivity contribution < 1.29 is 17.9 Å². The highest BCUT2D eigenvalue weighted by Crippen LogP contribution is 2.30. The number of Topliss-reactive ketones (excluding diaryl/α,β-unsaturated/α-hetero) is 1. The SMILES string of the molecule is COc1cccc2c1c(C(=O)CS(C)(=O)=O)cn2C. The standard InChI is InChI=1S/C13H15NO4S/c1-14-7-9(11(15)8-19(3,16)17)13-10(14)5-4-6-12(13)18-2/h4-7H,8H2,1-3H3. The number of fused-ring (bicyclic) bond motifs is 1. The Morgan fingerprint density at radius 1 is 1.37 bits per heavy atom. The fourth-order valence-electron chi connectivity index (χ4n) is 2.11. The Hall–Kier alpha value is -1.82. The first-order valence-corrected chi connectivity index (χ1v) is 7.72. The van der Waals surface area contributed by atoms with Crippen molar-refractivity contribution in [3.8, 4) is 5.75 Å². The summed E-state index contributed by atoms with van der Waals surface area (Å²) in [6.45, 7) is 0. The fourth-order valence-corrected chi connectivity index (χ4v) is 2.74. The lowest BCUT2D eigenvalue weighted by Crippen LogP contribution is -2.14. The van der Waals surface area contributed by atoms with Gasteiger partial charge in [0, 0.05) is 25.1 Å². The molecule has 102 valence electrons. The van der Waals surface area contributed by atoms with Crippen LogP contribution in [0.25, 0.3) is 10.9 Å². The summed E-state index contributed by atoms with van der Waals surface area (Å²) in [6, 6.07) is 5.43. The molecule has 6 heteroatoms. The molecule has 0 aliphatic heterocycles. The van der Waals surface area contributed by atoms with Crippen molar-refractivity contribution in [3.63, 3.8) is 0 Å². The minimum atomic E-state index is -3.35. The van der Waals surface area contributed by atoms with Gasteiger partial charge < -0.3 is 9.30 Å². The van der Waals surface area contributed by atoms with Gasteiger partial charge in [-0.05, 0) is 12.1 Å². The van der Waals surface area contributed by atoms with Crippen molar-refractivity contribution in [2.24, 2.45) is 7.05 Å². The number of aryl methyl sites for hydroxylation is 1. The zero-order valence-electron chi connectivity index (χ0n) is 11.0. The van der Waals surface area contributed by atoms with Crippen molar-refractivity contribution in [1.29, 1.82) is 0 Å². The average Bonchev–Trinajstić information content (AvgIpc) is 2.65. The minimum Gasteiger partial charge on any atom is -0.496 e. The van der Waals surface area contributed by atoms with Crippen LogP contribution >= 0.6 is 0 Å². The number of sulfone groups is 1. The Morgan fingerprint density at radius 2 is 2.05 bits per heavy atom. The highest BCUT2D eigenvalue weighted by atomic mass is 32.2. The van der Waals surface area contributed by atoms with Crippen LogP contribution in [0.3, 0.4) is 0 Å². The summed E-state index contributed by atoms with van der Waals surface area (Å²) < 4.78 is 29.5. The third kappa shape index (κ3) is 2.63. The van der Waals surface area contributed by atoms with E-state index < -0.39 is 21.4 Å². The molecule has 0 unspecified atom stereocenters. The van der Waals surface area contributed by atoms with E-state index in [1.165, 1.54) is 7.11 Å². The molecule has 0 N–H and O–H groups in total. The van der Waals surface area contributed by atoms with E-state index in [9.17, 15) is 13.2 Å².